The van der Waals surface area contributed by atoms with E-state index in [2.05, 4.69) is 10.6 Å². The van der Waals surface area contributed by atoms with Crippen LogP contribution >= 0.6 is 0 Å². The van der Waals surface area contributed by atoms with Crippen LogP contribution < -0.4 is 25.8 Å². The van der Waals surface area contributed by atoms with Crippen molar-refractivity contribution in [3.63, 3.8) is 0 Å². The average Bonchev–Trinajstić information content (AvgIpc) is 3.20. The monoisotopic (exact) mass is 396 g/mol. The van der Waals surface area contributed by atoms with Gasteiger partial charge >= 0.3 is 6.03 Å². The van der Waals surface area contributed by atoms with Crippen LogP contribution in [0.4, 0.5) is 16.2 Å². The number of nitrogens with one attached hydrogen (secondary N) is 2. The number of rotatable bonds is 4. The molecular formula is C20H20N4O5. The van der Waals surface area contributed by atoms with Crippen LogP contribution in [0.15, 0.2) is 36.4 Å². The molecule has 0 aromatic heterocycles. The van der Waals surface area contributed by atoms with Crippen LogP contribution in [0.1, 0.15) is 18.1 Å². The first-order chi connectivity index (χ1) is 13.8. The lowest BCUT2D eigenvalue weighted by Crippen LogP contribution is -2.42. The van der Waals surface area contributed by atoms with Gasteiger partial charge < -0.3 is 25.8 Å². The molecule has 2 aliphatic heterocycles. The maximum absolute atomic E-state index is 12.9. The number of nitrogens with zero attached hydrogens (tertiary/aromatic N) is 1. The third kappa shape index (κ3) is 3.20. The van der Waals surface area contributed by atoms with Crippen LogP contribution in [-0.2, 0) is 15.1 Å². The Kier molecular flexibility index (Phi) is 4.30. The Labute approximate surface area is 166 Å². The van der Waals surface area contributed by atoms with Crippen LogP contribution in [0.2, 0.25) is 0 Å². The average molecular weight is 396 g/mol. The molecule has 9 nitrogen and oxygen atoms in total. The number of carbonyl (C=O) groups is 3. The summed E-state index contributed by atoms with van der Waals surface area (Å²) in [6.45, 7) is 3.18. The predicted octanol–water partition coefficient (Wildman–Crippen LogP) is 1.71. The molecular weight excluding hydrogens is 376 g/mol. The van der Waals surface area contributed by atoms with Crippen molar-refractivity contribution in [1.82, 2.24) is 10.2 Å². The molecule has 2 aromatic rings. The summed E-state index contributed by atoms with van der Waals surface area (Å²) >= 11 is 0. The number of nitrogens with two attached hydrogens (primary N) is 1. The number of hydrogen-bond acceptors (Lipinski definition) is 6. The van der Waals surface area contributed by atoms with Crippen LogP contribution in [0.5, 0.6) is 11.5 Å². The van der Waals surface area contributed by atoms with E-state index >= 15 is 0 Å². The fraction of sp³-hybridized carbons (Fsp3) is 0.250. The second-order valence-corrected chi connectivity index (χ2v) is 7.15. The highest BCUT2D eigenvalue weighted by Gasteiger charge is 2.49. The molecule has 0 aliphatic carbocycles. The van der Waals surface area contributed by atoms with Crippen molar-refractivity contribution in [2.24, 2.45) is 0 Å². The molecule has 2 heterocycles. The fourth-order valence-electron chi connectivity index (χ4n) is 3.32. The molecule has 0 saturated carbocycles. The SMILES string of the molecule is Cc1ccc(C2(C)NC(=O)N(CC(=O)Nc3cc4c(cc3N)OCO4)C2=O)cc1. The number of amides is 4. The highest BCUT2D eigenvalue weighted by molar-refractivity contribution is 6.10. The first-order valence-corrected chi connectivity index (χ1v) is 8.98. The van der Waals surface area contributed by atoms with Gasteiger partial charge in [0.05, 0.1) is 11.4 Å². The summed E-state index contributed by atoms with van der Waals surface area (Å²) in [7, 11) is 0. The number of anilines is 2. The topological polar surface area (TPSA) is 123 Å². The smallest absolute Gasteiger partial charge is 0.325 e. The van der Waals surface area contributed by atoms with Crippen molar-refractivity contribution in [2.75, 3.05) is 24.4 Å². The lowest BCUT2D eigenvalue weighted by molar-refractivity contribution is -0.133. The number of imide groups is 1. The normalized spacial score (nSPS) is 20.0. The predicted molar refractivity (Wildman–Crippen MR) is 104 cm³/mol. The summed E-state index contributed by atoms with van der Waals surface area (Å²) in [4.78, 5) is 38.7. The van der Waals surface area contributed by atoms with E-state index in [1.165, 1.54) is 6.07 Å². The number of ether oxygens (including phenoxy) is 2. The van der Waals surface area contributed by atoms with E-state index in [9.17, 15) is 14.4 Å². The summed E-state index contributed by atoms with van der Waals surface area (Å²) in [6, 6.07) is 9.73. The molecule has 0 spiro atoms. The van der Waals surface area contributed by atoms with Gasteiger partial charge in [0.1, 0.15) is 12.1 Å². The van der Waals surface area contributed by atoms with E-state index in [0.717, 1.165) is 10.5 Å². The third-order valence-corrected chi connectivity index (χ3v) is 5.02. The Bertz CT molecular complexity index is 1020. The van der Waals surface area contributed by atoms with E-state index in [1.54, 1.807) is 25.1 Å². The third-order valence-electron chi connectivity index (χ3n) is 5.02. The zero-order valence-electron chi connectivity index (χ0n) is 15.9. The van der Waals surface area contributed by atoms with E-state index < -0.39 is 29.9 Å². The van der Waals surface area contributed by atoms with E-state index in [-0.39, 0.29) is 12.5 Å². The Morgan fingerprint density at radius 3 is 2.55 bits per heavy atom. The molecule has 29 heavy (non-hydrogen) atoms. The van der Waals surface area contributed by atoms with Crippen molar-refractivity contribution in [2.45, 2.75) is 19.4 Å². The van der Waals surface area contributed by atoms with Crippen molar-refractivity contribution in [3.05, 3.63) is 47.5 Å². The minimum atomic E-state index is -1.23. The van der Waals surface area contributed by atoms with Gasteiger partial charge in [0.2, 0.25) is 12.7 Å². The standard InChI is InChI=1S/C20H20N4O5/c1-11-3-5-12(6-4-11)20(2)18(26)24(19(27)23-20)9-17(25)22-14-8-16-15(7-13(14)21)28-10-29-16/h3-8H,9-10,21H2,1-2H3,(H,22,25)(H,23,27). The van der Waals surface area contributed by atoms with Crippen molar-refractivity contribution in [1.29, 1.82) is 0 Å². The van der Waals surface area contributed by atoms with Crippen LogP contribution in [0.3, 0.4) is 0 Å². The quantitative estimate of drug-likeness (QED) is 0.534. The summed E-state index contributed by atoms with van der Waals surface area (Å²) in [5.74, 6) is -0.118. The largest absolute Gasteiger partial charge is 0.454 e. The lowest BCUT2D eigenvalue weighted by atomic mass is 9.91. The molecule has 4 N–H and O–H groups in total. The highest BCUT2D eigenvalue weighted by Crippen LogP contribution is 2.38. The molecule has 1 unspecified atom stereocenters. The van der Waals surface area contributed by atoms with Gasteiger partial charge in [0.25, 0.3) is 5.91 Å². The van der Waals surface area contributed by atoms with Gasteiger partial charge in [0, 0.05) is 12.1 Å². The second-order valence-electron chi connectivity index (χ2n) is 7.15. The Morgan fingerprint density at radius 1 is 1.21 bits per heavy atom. The van der Waals surface area contributed by atoms with E-state index in [1.807, 2.05) is 19.1 Å². The highest BCUT2D eigenvalue weighted by atomic mass is 16.7. The Hall–Kier alpha value is -3.75. The molecule has 1 atom stereocenters. The number of hydrogen-bond donors (Lipinski definition) is 3. The number of nitrogen functional groups attached to an aromatic ring is 1. The molecule has 4 amide bonds. The molecule has 150 valence electrons. The van der Waals surface area contributed by atoms with Gasteiger partial charge in [-0.05, 0) is 19.4 Å². The minimum absolute atomic E-state index is 0.0756. The van der Waals surface area contributed by atoms with Crippen molar-refractivity contribution < 1.29 is 23.9 Å². The second kappa shape index (κ2) is 6.69. The van der Waals surface area contributed by atoms with E-state index in [4.69, 9.17) is 15.2 Å². The molecule has 4 rings (SSSR count). The molecule has 1 saturated heterocycles. The first-order valence-electron chi connectivity index (χ1n) is 8.98. The van der Waals surface area contributed by atoms with Crippen molar-refractivity contribution >= 4 is 29.2 Å². The maximum Gasteiger partial charge on any atom is 0.325 e. The molecule has 2 aromatic carbocycles. The van der Waals surface area contributed by atoms with Gasteiger partial charge in [-0.25, -0.2) is 4.79 Å². The Balaban J connectivity index is 1.49. The van der Waals surface area contributed by atoms with Gasteiger partial charge in [-0.3, -0.25) is 14.5 Å². The number of carbonyl (C=O) groups excluding carboxylic acids is 3. The lowest BCUT2D eigenvalue weighted by Gasteiger charge is -2.22. The van der Waals surface area contributed by atoms with Crippen LogP contribution in [0.25, 0.3) is 0 Å². The zero-order valence-corrected chi connectivity index (χ0v) is 15.9. The number of benzene rings is 2. The summed E-state index contributed by atoms with van der Waals surface area (Å²) < 4.78 is 10.5. The van der Waals surface area contributed by atoms with Gasteiger partial charge in [-0.15, -0.1) is 0 Å². The van der Waals surface area contributed by atoms with Gasteiger partial charge in [0.15, 0.2) is 11.5 Å². The molecule has 2 aliphatic rings. The number of fused-ring (bicyclic) bond motifs is 1. The fourth-order valence-corrected chi connectivity index (χ4v) is 3.32. The van der Waals surface area contributed by atoms with Crippen LogP contribution in [0, 0.1) is 6.92 Å². The molecule has 0 radical (unpaired) electrons. The first kappa shape index (κ1) is 18.6. The van der Waals surface area contributed by atoms with Gasteiger partial charge in [-0.2, -0.15) is 0 Å². The van der Waals surface area contributed by atoms with E-state index in [0.29, 0.717) is 22.7 Å². The van der Waals surface area contributed by atoms with Crippen LogP contribution in [-0.4, -0.2) is 36.1 Å². The molecule has 9 heteroatoms. The number of aryl methyl sites for hydroxylation is 1. The zero-order chi connectivity index (χ0) is 20.8. The summed E-state index contributed by atoms with van der Waals surface area (Å²) in [5.41, 5.74) is 6.96. The maximum atomic E-state index is 12.9. The molecule has 1 fully saturated rings. The molecule has 0 bridgehead atoms. The van der Waals surface area contributed by atoms with Crippen molar-refractivity contribution in [3.8, 4) is 11.5 Å². The van der Waals surface area contributed by atoms with Gasteiger partial charge in [-0.1, -0.05) is 29.8 Å². The summed E-state index contributed by atoms with van der Waals surface area (Å²) in [6.07, 6.45) is 0. The minimum Gasteiger partial charge on any atom is -0.454 e. The number of urea groups is 1. The summed E-state index contributed by atoms with van der Waals surface area (Å²) in [5, 5.41) is 5.29. The Morgan fingerprint density at radius 2 is 1.86 bits per heavy atom.